The van der Waals surface area contributed by atoms with Crippen molar-refractivity contribution in [1.29, 1.82) is 0 Å². The van der Waals surface area contributed by atoms with Crippen LogP contribution in [0.1, 0.15) is 19.8 Å². The molecule has 0 amide bonds. The first-order chi connectivity index (χ1) is 10.7. The van der Waals surface area contributed by atoms with E-state index in [0.717, 1.165) is 41.5 Å². The molecule has 1 aromatic heterocycles. The van der Waals surface area contributed by atoms with Gasteiger partial charge >= 0.3 is 0 Å². The third-order valence-corrected chi connectivity index (χ3v) is 4.15. The predicted octanol–water partition coefficient (Wildman–Crippen LogP) is 5.12. The van der Waals surface area contributed by atoms with Gasteiger partial charge in [0, 0.05) is 23.0 Å². The first-order valence-corrected chi connectivity index (χ1v) is 7.97. The van der Waals surface area contributed by atoms with Crippen molar-refractivity contribution in [3.63, 3.8) is 0 Å². The quantitative estimate of drug-likeness (QED) is 0.655. The van der Waals surface area contributed by atoms with Gasteiger partial charge in [-0.05, 0) is 36.2 Å². The summed E-state index contributed by atoms with van der Waals surface area (Å²) in [6.45, 7) is 3.07. The number of hydrogen-bond donors (Lipinski definition) is 0. The van der Waals surface area contributed by atoms with E-state index in [9.17, 15) is 4.79 Å². The summed E-state index contributed by atoms with van der Waals surface area (Å²) in [5.74, 6) is 0. The molecule has 1 heterocycles. The molecule has 0 atom stereocenters. The second kappa shape index (κ2) is 6.37. The normalized spacial score (nSPS) is 11.0. The number of nitrogens with zero attached hydrogens (tertiary/aromatic N) is 1. The summed E-state index contributed by atoms with van der Waals surface area (Å²) in [6, 6.07) is 17.2. The van der Waals surface area contributed by atoms with E-state index < -0.39 is 0 Å². The molecule has 0 saturated carbocycles. The minimum absolute atomic E-state index is 0.0632. The maximum Gasteiger partial charge on any atom is 0.190 e. The van der Waals surface area contributed by atoms with E-state index in [-0.39, 0.29) is 5.43 Å². The van der Waals surface area contributed by atoms with Crippen LogP contribution in [-0.4, -0.2) is 4.57 Å². The number of aromatic nitrogens is 1. The summed E-state index contributed by atoms with van der Waals surface area (Å²) in [4.78, 5) is 12.4. The molecule has 112 valence electrons. The van der Waals surface area contributed by atoms with E-state index in [4.69, 9.17) is 11.6 Å². The van der Waals surface area contributed by atoms with Crippen LogP contribution in [0.2, 0.25) is 5.02 Å². The minimum atomic E-state index is 0.0632. The highest BCUT2D eigenvalue weighted by Gasteiger charge is 2.10. The van der Waals surface area contributed by atoms with Crippen molar-refractivity contribution in [1.82, 2.24) is 4.57 Å². The molecule has 3 aromatic rings. The molecule has 0 N–H and O–H groups in total. The number of para-hydroxylation sites is 1. The van der Waals surface area contributed by atoms with Crippen LogP contribution < -0.4 is 5.43 Å². The van der Waals surface area contributed by atoms with Crippen molar-refractivity contribution in [2.45, 2.75) is 26.3 Å². The van der Waals surface area contributed by atoms with E-state index in [1.54, 1.807) is 6.07 Å². The Labute approximate surface area is 135 Å². The molecule has 3 rings (SSSR count). The SMILES string of the molecule is CCCCn1c(-c2ccc(Cl)cc2)cc(=O)c2ccccc21. The first-order valence-electron chi connectivity index (χ1n) is 7.59. The lowest BCUT2D eigenvalue weighted by Gasteiger charge is -2.17. The fraction of sp³-hybridized carbons (Fsp3) is 0.211. The molecule has 0 saturated heterocycles. The molecule has 0 aliphatic carbocycles. The van der Waals surface area contributed by atoms with E-state index >= 15 is 0 Å². The van der Waals surface area contributed by atoms with Crippen molar-refractivity contribution < 1.29 is 0 Å². The van der Waals surface area contributed by atoms with E-state index in [2.05, 4.69) is 11.5 Å². The van der Waals surface area contributed by atoms with Gasteiger partial charge in [-0.1, -0.05) is 49.2 Å². The number of fused-ring (bicyclic) bond motifs is 1. The average Bonchev–Trinajstić information content (AvgIpc) is 2.55. The smallest absolute Gasteiger partial charge is 0.190 e. The number of unbranched alkanes of at least 4 members (excludes halogenated alkanes) is 1. The van der Waals surface area contributed by atoms with Crippen LogP contribution in [0.3, 0.4) is 0 Å². The van der Waals surface area contributed by atoms with Crippen molar-refractivity contribution in [2.24, 2.45) is 0 Å². The van der Waals surface area contributed by atoms with Crippen LogP contribution in [0.4, 0.5) is 0 Å². The summed E-state index contributed by atoms with van der Waals surface area (Å²) in [5, 5.41) is 1.48. The number of halogens is 1. The molecule has 0 radical (unpaired) electrons. The topological polar surface area (TPSA) is 22.0 Å². The highest BCUT2D eigenvalue weighted by atomic mass is 35.5. The maximum absolute atomic E-state index is 12.4. The van der Waals surface area contributed by atoms with Crippen LogP contribution in [0.25, 0.3) is 22.2 Å². The van der Waals surface area contributed by atoms with Gasteiger partial charge in [-0.25, -0.2) is 0 Å². The lowest BCUT2D eigenvalue weighted by Crippen LogP contribution is -2.12. The molecule has 0 fully saturated rings. The number of aryl methyl sites for hydroxylation is 1. The van der Waals surface area contributed by atoms with Gasteiger partial charge in [-0.2, -0.15) is 0 Å². The van der Waals surface area contributed by atoms with Crippen molar-refractivity contribution >= 4 is 22.5 Å². The molecule has 2 aromatic carbocycles. The highest BCUT2D eigenvalue weighted by molar-refractivity contribution is 6.30. The third kappa shape index (κ3) is 2.79. The first kappa shape index (κ1) is 14.9. The zero-order chi connectivity index (χ0) is 15.5. The standard InChI is InChI=1S/C19H18ClNO/c1-2-3-12-21-17-7-5-4-6-16(17)19(22)13-18(21)14-8-10-15(20)11-9-14/h4-11,13H,2-3,12H2,1H3. The van der Waals surface area contributed by atoms with E-state index in [1.807, 2.05) is 48.5 Å². The molecular formula is C19H18ClNO. The van der Waals surface area contributed by atoms with Gasteiger partial charge in [0.25, 0.3) is 0 Å². The molecule has 0 unspecified atom stereocenters. The van der Waals surface area contributed by atoms with Gasteiger partial charge in [-0.15, -0.1) is 0 Å². The molecule has 0 bridgehead atoms. The zero-order valence-electron chi connectivity index (χ0n) is 12.6. The number of rotatable bonds is 4. The lowest BCUT2D eigenvalue weighted by molar-refractivity contribution is 0.651. The average molecular weight is 312 g/mol. The Morgan fingerprint density at radius 2 is 1.77 bits per heavy atom. The zero-order valence-corrected chi connectivity index (χ0v) is 13.3. The predicted molar refractivity (Wildman–Crippen MR) is 93.6 cm³/mol. The van der Waals surface area contributed by atoms with Gasteiger partial charge in [0.2, 0.25) is 0 Å². The lowest BCUT2D eigenvalue weighted by atomic mass is 10.1. The molecule has 22 heavy (non-hydrogen) atoms. The van der Waals surface area contributed by atoms with E-state index in [1.165, 1.54) is 0 Å². The van der Waals surface area contributed by atoms with Crippen LogP contribution in [0.15, 0.2) is 59.4 Å². The number of hydrogen-bond acceptors (Lipinski definition) is 1. The highest BCUT2D eigenvalue weighted by Crippen LogP contribution is 2.24. The molecular weight excluding hydrogens is 294 g/mol. The maximum atomic E-state index is 12.4. The van der Waals surface area contributed by atoms with Crippen LogP contribution in [0, 0.1) is 0 Å². The van der Waals surface area contributed by atoms with Crippen LogP contribution in [-0.2, 0) is 6.54 Å². The van der Waals surface area contributed by atoms with Gasteiger partial charge in [0.15, 0.2) is 5.43 Å². The minimum Gasteiger partial charge on any atom is -0.340 e. The Hall–Kier alpha value is -2.06. The second-order valence-electron chi connectivity index (χ2n) is 5.42. The Kier molecular flexibility index (Phi) is 4.30. The van der Waals surface area contributed by atoms with Crippen LogP contribution in [0.5, 0.6) is 0 Å². The Morgan fingerprint density at radius 3 is 2.50 bits per heavy atom. The second-order valence-corrected chi connectivity index (χ2v) is 5.86. The summed E-state index contributed by atoms with van der Waals surface area (Å²) in [6.07, 6.45) is 2.19. The fourth-order valence-electron chi connectivity index (χ4n) is 2.74. The summed E-state index contributed by atoms with van der Waals surface area (Å²) in [5.41, 5.74) is 3.03. The molecule has 0 aliphatic rings. The van der Waals surface area contributed by atoms with Gasteiger partial charge in [0.05, 0.1) is 11.2 Å². The van der Waals surface area contributed by atoms with Crippen LogP contribution >= 0.6 is 11.6 Å². The monoisotopic (exact) mass is 311 g/mol. The van der Waals surface area contributed by atoms with Crippen molar-refractivity contribution in [2.75, 3.05) is 0 Å². The number of pyridine rings is 1. The number of benzene rings is 2. The van der Waals surface area contributed by atoms with Crippen molar-refractivity contribution in [3.8, 4) is 11.3 Å². The summed E-state index contributed by atoms with van der Waals surface area (Å²) in [7, 11) is 0. The van der Waals surface area contributed by atoms with Gasteiger partial charge in [-0.3, -0.25) is 4.79 Å². The molecule has 2 nitrogen and oxygen atoms in total. The van der Waals surface area contributed by atoms with E-state index in [0.29, 0.717) is 5.02 Å². The molecule has 0 spiro atoms. The largest absolute Gasteiger partial charge is 0.340 e. The van der Waals surface area contributed by atoms with Gasteiger partial charge < -0.3 is 4.57 Å². The molecule has 0 aliphatic heterocycles. The van der Waals surface area contributed by atoms with Crippen molar-refractivity contribution in [3.05, 3.63) is 69.8 Å². The molecule has 3 heteroatoms. The van der Waals surface area contributed by atoms with Gasteiger partial charge in [0.1, 0.15) is 0 Å². The third-order valence-electron chi connectivity index (χ3n) is 3.89. The summed E-state index contributed by atoms with van der Waals surface area (Å²) >= 11 is 5.98. The fourth-order valence-corrected chi connectivity index (χ4v) is 2.87. The Morgan fingerprint density at radius 1 is 1.05 bits per heavy atom. The Balaban J connectivity index is 2.28. The Bertz CT molecular complexity index is 849. The summed E-state index contributed by atoms with van der Waals surface area (Å²) < 4.78 is 2.24.